The van der Waals surface area contributed by atoms with Crippen LogP contribution < -0.4 is 0 Å². The molecule has 0 fully saturated rings. The van der Waals surface area contributed by atoms with Crippen molar-refractivity contribution in [2.75, 3.05) is 0 Å². The number of hydrogen-bond donors (Lipinski definition) is 1. The lowest BCUT2D eigenvalue weighted by Crippen LogP contribution is -2.09. The van der Waals surface area contributed by atoms with E-state index >= 15 is 0 Å². The van der Waals surface area contributed by atoms with Crippen LogP contribution in [0.25, 0.3) is 0 Å². The summed E-state index contributed by atoms with van der Waals surface area (Å²) in [6, 6.07) is 1.29. The van der Waals surface area contributed by atoms with Crippen molar-refractivity contribution in [3.63, 3.8) is 0 Å². The van der Waals surface area contributed by atoms with Gasteiger partial charge in [-0.15, -0.1) is 0 Å². The maximum absolute atomic E-state index is 12.8. The fourth-order valence-electron chi connectivity index (χ4n) is 0.885. The Bertz CT molecular complexity index is 329. The van der Waals surface area contributed by atoms with E-state index in [0.717, 1.165) is 13.1 Å². The van der Waals surface area contributed by atoms with Crippen LogP contribution in [0.2, 0.25) is 0 Å². The number of aromatic nitrogens is 1. The van der Waals surface area contributed by atoms with Crippen LogP contribution in [-0.4, -0.2) is 10.7 Å². The third-order valence-electron chi connectivity index (χ3n) is 1.68. The Morgan fingerprint density at radius 1 is 1.46 bits per heavy atom. The SMILES string of the molecule is CC(=N)c1cncc(C(C)(F)F)c1. The van der Waals surface area contributed by atoms with Crippen LogP contribution in [0, 0.1) is 5.41 Å². The molecule has 1 N–H and O–H groups in total. The molecule has 0 spiro atoms. The zero-order chi connectivity index (χ0) is 10.1. The van der Waals surface area contributed by atoms with Gasteiger partial charge in [-0.2, -0.15) is 0 Å². The van der Waals surface area contributed by atoms with Crippen LogP contribution in [-0.2, 0) is 5.92 Å². The highest BCUT2D eigenvalue weighted by atomic mass is 19.3. The Kier molecular flexibility index (Phi) is 2.40. The summed E-state index contributed by atoms with van der Waals surface area (Å²) >= 11 is 0. The van der Waals surface area contributed by atoms with Crippen LogP contribution in [0.15, 0.2) is 18.5 Å². The van der Waals surface area contributed by atoms with E-state index in [4.69, 9.17) is 5.41 Å². The maximum Gasteiger partial charge on any atom is 0.272 e. The molecule has 1 aromatic rings. The van der Waals surface area contributed by atoms with E-state index in [1.54, 1.807) is 0 Å². The largest absolute Gasteiger partial charge is 0.305 e. The number of pyridine rings is 1. The maximum atomic E-state index is 12.8. The third kappa shape index (κ3) is 2.31. The van der Waals surface area contributed by atoms with E-state index in [0.29, 0.717) is 5.56 Å². The predicted molar refractivity (Wildman–Crippen MR) is 46.3 cm³/mol. The summed E-state index contributed by atoms with van der Waals surface area (Å²) in [4.78, 5) is 3.65. The van der Waals surface area contributed by atoms with Crippen molar-refractivity contribution >= 4 is 5.71 Å². The summed E-state index contributed by atoms with van der Waals surface area (Å²) in [5, 5.41) is 7.25. The standard InChI is InChI=1S/C9H10F2N2/c1-6(12)7-3-8(5-13-4-7)9(2,10)11/h3-5,12H,1-2H3. The molecule has 1 aromatic heterocycles. The monoisotopic (exact) mass is 184 g/mol. The molecule has 70 valence electrons. The molecule has 2 nitrogen and oxygen atoms in total. The second-order valence-corrected chi connectivity index (χ2v) is 2.98. The highest BCUT2D eigenvalue weighted by Crippen LogP contribution is 2.26. The Balaban J connectivity index is 3.13. The molecule has 0 saturated heterocycles. The molecule has 13 heavy (non-hydrogen) atoms. The number of nitrogens with one attached hydrogen (secondary N) is 1. The van der Waals surface area contributed by atoms with E-state index in [2.05, 4.69) is 4.98 Å². The first kappa shape index (κ1) is 9.77. The molecule has 0 bridgehead atoms. The minimum absolute atomic E-state index is 0.156. The molecule has 1 heterocycles. The quantitative estimate of drug-likeness (QED) is 0.704. The Morgan fingerprint density at radius 3 is 2.54 bits per heavy atom. The third-order valence-corrected chi connectivity index (χ3v) is 1.68. The number of nitrogens with zero attached hydrogens (tertiary/aromatic N) is 1. The molecular formula is C9H10F2N2. The summed E-state index contributed by atoms with van der Waals surface area (Å²) in [5.41, 5.74) is 0.509. The lowest BCUT2D eigenvalue weighted by molar-refractivity contribution is 0.0171. The van der Waals surface area contributed by atoms with Crippen LogP contribution in [0.4, 0.5) is 8.78 Å². The van der Waals surface area contributed by atoms with Gasteiger partial charge >= 0.3 is 0 Å². The zero-order valence-corrected chi connectivity index (χ0v) is 7.44. The lowest BCUT2D eigenvalue weighted by Gasteiger charge is -2.10. The predicted octanol–water partition coefficient (Wildman–Crippen LogP) is 2.58. The van der Waals surface area contributed by atoms with Gasteiger partial charge in [0.25, 0.3) is 5.92 Å². The molecule has 0 aliphatic rings. The Labute approximate surface area is 75.1 Å². The van der Waals surface area contributed by atoms with Gasteiger partial charge in [0.2, 0.25) is 0 Å². The van der Waals surface area contributed by atoms with Crippen LogP contribution in [0.3, 0.4) is 0 Å². The first-order valence-electron chi connectivity index (χ1n) is 3.80. The van der Waals surface area contributed by atoms with Gasteiger partial charge in [-0.1, -0.05) is 0 Å². The summed E-state index contributed by atoms with van der Waals surface area (Å²) in [5.74, 6) is -2.89. The van der Waals surface area contributed by atoms with E-state index < -0.39 is 5.92 Å². The van der Waals surface area contributed by atoms with Crippen molar-refractivity contribution < 1.29 is 8.78 Å². The molecule has 1 rings (SSSR count). The van der Waals surface area contributed by atoms with Gasteiger partial charge in [0.05, 0.1) is 0 Å². The van der Waals surface area contributed by atoms with Crippen molar-refractivity contribution in [3.8, 4) is 0 Å². The summed E-state index contributed by atoms with van der Waals surface area (Å²) < 4.78 is 25.6. The molecular weight excluding hydrogens is 174 g/mol. The molecule has 0 aliphatic heterocycles. The molecule has 0 amide bonds. The van der Waals surface area contributed by atoms with Gasteiger partial charge in [0, 0.05) is 36.2 Å². The molecule has 4 heteroatoms. The average Bonchev–Trinajstić information content (AvgIpc) is 2.03. The molecule has 0 saturated carbocycles. The van der Waals surface area contributed by atoms with Crippen molar-refractivity contribution in [3.05, 3.63) is 29.6 Å². The van der Waals surface area contributed by atoms with Crippen LogP contribution >= 0.6 is 0 Å². The highest BCUT2D eigenvalue weighted by molar-refractivity contribution is 5.96. The van der Waals surface area contributed by atoms with Gasteiger partial charge in [-0.25, -0.2) is 8.78 Å². The number of halogens is 2. The first-order chi connectivity index (χ1) is 5.91. The van der Waals surface area contributed by atoms with Crippen molar-refractivity contribution in [2.24, 2.45) is 0 Å². The summed E-state index contributed by atoms with van der Waals surface area (Å²) in [7, 11) is 0. The smallest absolute Gasteiger partial charge is 0.272 e. The average molecular weight is 184 g/mol. The van der Waals surface area contributed by atoms with E-state index in [1.807, 2.05) is 0 Å². The van der Waals surface area contributed by atoms with Gasteiger partial charge in [0.15, 0.2) is 0 Å². The van der Waals surface area contributed by atoms with Crippen LogP contribution in [0.5, 0.6) is 0 Å². The number of hydrogen-bond acceptors (Lipinski definition) is 2. The normalized spacial score (nSPS) is 11.4. The minimum atomic E-state index is -2.89. The van der Waals surface area contributed by atoms with Gasteiger partial charge in [-0.3, -0.25) is 4.98 Å². The Morgan fingerprint density at radius 2 is 2.08 bits per heavy atom. The van der Waals surface area contributed by atoms with Gasteiger partial charge in [-0.05, 0) is 13.0 Å². The van der Waals surface area contributed by atoms with E-state index in [-0.39, 0.29) is 11.3 Å². The topological polar surface area (TPSA) is 36.7 Å². The Hall–Kier alpha value is -1.32. The van der Waals surface area contributed by atoms with Gasteiger partial charge in [0.1, 0.15) is 0 Å². The zero-order valence-electron chi connectivity index (χ0n) is 7.44. The second kappa shape index (κ2) is 3.20. The summed E-state index contributed by atoms with van der Waals surface area (Å²) in [6.45, 7) is 2.35. The summed E-state index contributed by atoms with van der Waals surface area (Å²) in [6.07, 6.45) is 2.52. The van der Waals surface area contributed by atoms with Gasteiger partial charge < -0.3 is 5.41 Å². The minimum Gasteiger partial charge on any atom is -0.305 e. The van der Waals surface area contributed by atoms with Crippen molar-refractivity contribution in [1.82, 2.24) is 4.98 Å². The number of alkyl halides is 2. The van der Waals surface area contributed by atoms with E-state index in [9.17, 15) is 8.78 Å². The van der Waals surface area contributed by atoms with Crippen molar-refractivity contribution in [2.45, 2.75) is 19.8 Å². The second-order valence-electron chi connectivity index (χ2n) is 2.98. The molecule has 0 unspecified atom stereocenters. The first-order valence-corrected chi connectivity index (χ1v) is 3.80. The van der Waals surface area contributed by atoms with E-state index in [1.165, 1.54) is 19.2 Å². The van der Waals surface area contributed by atoms with Crippen LogP contribution in [0.1, 0.15) is 25.0 Å². The molecule has 0 radical (unpaired) electrons. The molecule has 0 atom stereocenters. The fourth-order valence-corrected chi connectivity index (χ4v) is 0.885. The van der Waals surface area contributed by atoms with Crippen molar-refractivity contribution in [1.29, 1.82) is 5.41 Å². The fraction of sp³-hybridized carbons (Fsp3) is 0.333. The lowest BCUT2D eigenvalue weighted by atomic mass is 10.1. The number of rotatable bonds is 2. The molecule has 0 aromatic carbocycles. The highest BCUT2D eigenvalue weighted by Gasteiger charge is 2.24. The molecule has 0 aliphatic carbocycles.